The van der Waals surface area contributed by atoms with Gasteiger partial charge >= 0.3 is 0 Å². The highest BCUT2D eigenvalue weighted by Gasteiger charge is 2.58. The van der Waals surface area contributed by atoms with Crippen LogP contribution in [0.25, 0.3) is 0 Å². The van der Waals surface area contributed by atoms with Gasteiger partial charge in [-0.3, -0.25) is 0 Å². The normalized spacial score (nSPS) is 58.6. The highest BCUT2D eigenvalue weighted by molar-refractivity contribution is 5.09. The smallest absolute Gasteiger partial charge is 0.00957 e. The molecule has 2 N–H and O–H groups in total. The van der Waals surface area contributed by atoms with Crippen LogP contribution in [0.5, 0.6) is 0 Å². The molecule has 0 spiro atoms. The van der Waals surface area contributed by atoms with Gasteiger partial charge in [-0.2, -0.15) is 0 Å². The predicted octanol–water partition coefficient (Wildman–Crippen LogP) is 4.75. The zero-order valence-electron chi connectivity index (χ0n) is 13.5. The molecule has 20 heavy (non-hydrogen) atoms. The van der Waals surface area contributed by atoms with Crippen molar-refractivity contribution in [2.75, 3.05) is 0 Å². The molecule has 1 nitrogen and oxygen atoms in total. The highest BCUT2D eigenvalue weighted by Crippen LogP contribution is 2.65. The SMILES string of the molecule is CC12CCC3C(CCC4CCCCC43C)C1CCC2N. The van der Waals surface area contributed by atoms with Crippen molar-refractivity contribution in [2.45, 2.75) is 84.1 Å². The standard InChI is InChI=1S/C19H33N/c1-18-11-4-3-5-13(18)6-7-14-15-8-9-17(20)19(15,2)12-10-16(14)18/h13-17H,3-12,20H2,1-2H3. The fourth-order valence-corrected chi connectivity index (χ4v) is 7.34. The number of hydrogen-bond donors (Lipinski definition) is 1. The minimum atomic E-state index is 0.485. The van der Waals surface area contributed by atoms with Crippen LogP contribution in [0.15, 0.2) is 0 Å². The van der Waals surface area contributed by atoms with Gasteiger partial charge in [0.05, 0.1) is 0 Å². The second-order valence-corrected chi connectivity index (χ2v) is 9.13. The van der Waals surface area contributed by atoms with Crippen LogP contribution in [0.1, 0.15) is 78.1 Å². The maximum Gasteiger partial charge on any atom is 0.00957 e. The van der Waals surface area contributed by atoms with E-state index in [0.29, 0.717) is 16.9 Å². The van der Waals surface area contributed by atoms with Crippen molar-refractivity contribution < 1.29 is 0 Å². The summed E-state index contributed by atoms with van der Waals surface area (Å²) < 4.78 is 0. The van der Waals surface area contributed by atoms with Gasteiger partial charge in [0, 0.05) is 6.04 Å². The molecule has 0 saturated heterocycles. The molecule has 4 aliphatic carbocycles. The Morgan fingerprint density at radius 1 is 0.750 bits per heavy atom. The Bertz CT molecular complexity index is 391. The van der Waals surface area contributed by atoms with Gasteiger partial charge in [0.25, 0.3) is 0 Å². The highest BCUT2D eigenvalue weighted by atomic mass is 14.8. The van der Waals surface area contributed by atoms with E-state index >= 15 is 0 Å². The quantitative estimate of drug-likeness (QED) is 0.678. The minimum absolute atomic E-state index is 0.485. The van der Waals surface area contributed by atoms with E-state index in [2.05, 4.69) is 13.8 Å². The molecule has 114 valence electrons. The van der Waals surface area contributed by atoms with E-state index in [1.807, 2.05) is 0 Å². The summed E-state index contributed by atoms with van der Waals surface area (Å²) in [5.41, 5.74) is 7.69. The largest absolute Gasteiger partial charge is 0.327 e. The molecule has 4 aliphatic rings. The van der Waals surface area contributed by atoms with Crippen molar-refractivity contribution in [3.05, 3.63) is 0 Å². The molecule has 0 radical (unpaired) electrons. The Hall–Kier alpha value is -0.0400. The summed E-state index contributed by atoms with van der Waals surface area (Å²) in [6.07, 6.45) is 14.7. The third kappa shape index (κ3) is 1.65. The summed E-state index contributed by atoms with van der Waals surface area (Å²) in [6.45, 7) is 5.20. The maximum atomic E-state index is 6.51. The summed E-state index contributed by atoms with van der Waals surface area (Å²) in [5, 5.41) is 0. The number of rotatable bonds is 0. The van der Waals surface area contributed by atoms with Crippen molar-refractivity contribution >= 4 is 0 Å². The lowest BCUT2D eigenvalue weighted by molar-refractivity contribution is -0.105. The molecule has 7 atom stereocenters. The van der Waals surface area contributed by atoms with Gasteiger partial charge in [-0.05, 0) is 85.9 Å². The van der Waals surface area contributed by atoms with Crippen LogP contribution in [-0.4, -0.2) is 6.04 Å². The summed E-state index contributed by atoms with van der Waals surface area (Å²) in [5.74, 6) is 4.06. The van der Waals surface area contributed by atoms with E-state index in [9.17, 15) is 0 Å². The van der Waals surface area contributed by atoms with Crippen LogP contribution in [0, 0.1) is 34.5 Å². The van der Waals surface area contributed by atoms with Crippen molar-refractivity contribution in [3.63, 3.8) is 0 Å². The van der Waals surface area contributed by atoms with Gasteiger partial charge in [-0.25, -0.2) is 0 Å². The van der Waals surface area contributed by atoms with Crippen molar-refractivity contribution in [2.24, 2.45) is 40.2 Å². The number of fused-ring (bicyclic) bond motifs is 5. The zero-order valence-corrected chi connectivity index (χ0v) is 13.5. The lowest BCUT2D eigenvalue weighted by atomic mass is 9.45. The Labute approximate surface area is 125 Å². The minimum Gasteiger partial charge on any atom is -0.327 e. The predicted molar refractivity (Wildman–Crippen MR) is 84.3 cm³/mol. The van der Waals surface area contributed by atoms with Crippen LogP contribution in [0.3, 0.4) is 0 Å². The first kappa shape index (κ1) is 13.6. The molecule has 4 rings (SSSR count). The maximum absolute atomic E-state index is 6.51. The Morgan fingerprint density at radius 2 is 1.55 bits per heavy atom. The number of hydrogen-bond acceptors (Lipinski definition) is 1. The molecule has 0 aliphatic heterocycles. The molecule has 4 saturated carbocycles. The molecule has 4 fully saturated rings. The molecule has 0 aromatic carbocycles. The zero-order chi connectivity index (χ0) is 14.0. The van der Waals surface area contributed by atoms with Crippen molar-refractivity contribution in [3.8, 4) is 0 Å². The molecule has 1 heteroatoms. The van der Waals surface area contributed by atoms with E-state index in [4.69, 9.17) is 5.73 Å². The van der Waals surface area contributed by atoms with Crippen molar-refractivity contribution in [1.82, 2.24) is 0 Å². The van der Waals surface area contributed by atoms with Gasteiger partial charge in [-0.1, -0.05) is 26.7 Å². The topological polar surface area (TPSA) is 26.0 Å². The molecule has 7 unspecified atom stereocenters. The van der Waals surface area contributed by atoms with Crippen molar-refractivity contribution in [1.29, 1.82) is 0 Å². The van der Waals surface area contributed by atoms with Crippen LogP contribution in [0.4, 0.5) is 0 Å². The second kappa shape index (κ2) is 4.48. The van der Waals surface area contributed by atoms with E-state index in [-0.39, 0.29) is 0 Å². The molecule has 0 heterocycles. The van der Waals surface area contributed by atoms with E-state index in [0.717, 1.165) is 23.7 Å². The van der Waals surface area contributed by atoms with E-state index in [1.54, 1.807) is 0 Å². The third-order valence-corrected chi connectivity index (χ3v) is 8.66. The van der Waals surface area contributed by atoms with Gasteiger partial charge in [0.2, 0.25) is 0 Å². The first-order valence-electron chi connectivity index (χ1n) is 9.31. The molecule has 0 amide bonds. The summed E-state index contributed by atoms with van der Waals surface area (Å²) in [6, 6.07) is 0.491. The average molecular weight is 275 g/mol. The fourth-order valence-electron chi connectivity index (χ4n) is 7.34. The monoisotopic (exact) mass is 275 g/mol. The fraction of sp³-hybridized carbons (Fsp3) is 1.00. The molecular formula is C19H33N. The molecular weight excluding hydrogens is 242 g/mol. The lowest BCUT2D eigenvalue weighted by Crippen LogP contribution is -2.54. The molecule has 0 aromatic heterocycles. The lowest BCUT2D eigenvalue weighted by Gasteiger charge is -2.60. The first-order chi connectivity index (χ1) is 9.56. The summed E-state index contributed by atoms with van der Waals surface area (Å²) in [7, 11) is 0. The van der Waals surface area contributed by atoms with Crippen LogP contribution < -0.4 is 5.73 Å². The summed E-state index contributed by atoms with van der Waals surface area (Å²) in [4.78, 5) is 0. The molecule has 0 aromatic rings. The Balaban J connectivity index is 1.64. The Kier molecular flexibility index (Phi) is 3.05. The van der Waals surface area contributed by atoms with Gasteiger partial charge < -0.3 is 5.73 Å². The second-order valence-electron chi connectivity index (χ2n) is 9.13. The van der Waals surface area contributed by atoms with Gasteiger partial charge in [0.15, 0.2) is 0 Å². The average Bonchev–Trinajstić information content (AvgIpc) is 2.74. The molecule has 0 bridgehead atoms. The van der Waals surface area contributed by atoms with Crippen LogP contribution >= 0.6 is 0 Å². The Morgan fingerprint density at radius 3 is 2.40 bits per heavy atom. The number of nitrogens with two attached hydrogens (primary N) is 1. The van der Waals surface area contributed by atoms with Gasteiger partial charge in [-0.15, -0.1) is 0 Å². The van der Waals surface area contributed by atoms with E-state index < -0.39 is 0 Å². The van der Waals surface area contributed by atoms with Crippen LogP contribution in [0.2, 0.25) is 0 Å². The third-order valence-electron chi connectivity index (χ3n) is 8.66. The first-order valence-corrected chi connectivity index (χ1v) is 9.31. The summed E-state index contributed by atoms with van der Waals surface area (Å²) >= 11 is 0. The van der Waals surface area contributed by atoms with E-state index in [1.165, 1.54) is 64.2 Å². The van der Waals surface area contributed by atoms with Crippen LogP contribution in [-0.2, 0) is 0 Å². The van der Waals surface area contributed by atoms with Gasteiger partial charge in [0.1, 0.15) is 0 Å².